The first-order chi connectivity index (χ1) is 9.28. The molecule has 0 spiro atoms. The first-order valence-electron chi connectivity index (χ1n) is 6.04. The third-order valence-corrected chi connectivity index (χ3v) is 3.30. The van der Waals surface area contributed by atoms with Crippen LogP contribution in [0.5, 0.6) is 0 Å². The molecule has 0 aliphatic rings. The molecule has 0 aliphatic heterocycles. The van der Waals surface area contributed by atoms with Crippen LogP contribution in [0.4, 0.5) is 0 Å². The van der Waals surface area contributed by atoms with Crippen molar-refractivity contribution in [3.8, 4) is 0 Å². The minimum absolute atomic E-state index is 0.573. The van der Waals surface area contributed by atoms with E-state index >= 15 is 0 Å². The summed E-state index contributed by atoms with van der Waals surface area (Å²) in [5, 5.41) is 11.6. The molecule has 0 radical (unpaired) electrons. The van der Waals surface area contributed by atoms with E-state index in [9.17, 15) is 0 Å². The average Bonchev–Trinajstić information content (AvgIpc) is 2.82. The van der Waals surface area contributed by atoms with Gasteiger partial charge in [0.25, 0.3) is 5.22 Å². The Balaban J connectivity index is 1.84. The molecule has 19 heavy (non-hydrogen) atoms. The number of methoxy groups -OCH3 is 1. The van der Waals surface area contributed by atoms with Crippen LogP contribution in [-0.2, 0) is 11.3 Å². The van der Waals surface area contributed by atoms with Crippen LogP contribution in [-0.4, -0.2) is 30.5 Å². The average molecular weight is 279 g/mol. The number of rotatable bonds is 7. The Morgan fingerprint density at radius 2 is 2.05 bits per heavy atom. The minimum atomic E-state index is 0.573. The third-order valence-electron chi connectivity index (χ3n) is 2.45. The van der Waals surface area contributed by atoms with Gasteiger partial charge >= 0.3 is 0 Å². The Morgan fingerprint density at radius 1 is 1.26 bits per heavy atom. The van der Waals surface area contributed by atoms with Gasteiger partial charge in [0.15, 0.2) is 0 Å². The number of nitrogens with one attached hydrogen (secondary N) is 1. The maximum Gasteiger partial charge on any atom is 0.281 e. The van der Waals surface area contributed by atoms with Crippen molar-refractivity contribution in [3.63, 3.8) is 0 Å². The van der Waals surface area contributed by atoms with Crippen molar-refractivity contribution >= 4 is 11.8 Å². The zero-order valence-electron chi connectivity index (χ0n) is 11.0. The van der Waals surface area contributed by atoms with E-state index in [0.717, 1.165) is 24.6 Å². The van der Waals surface area contributed by atoms with Gasteiger partial charge in [0.1, 0.15) is 0 Å². The molecule has 5 nitrogen and oxygen atoms in total. The maximum absolute atomic E-state index is 5.32. The Bertz CT molecular complexity index is 499. The highest BCUT2D eigenvalue weighted by Gasteiger charge is 2.04. The van der Waals surface area contributed by atoms with Crippen molar-refractivity contribution in [2.75, 3.05) is 20.3 Å². The fourth-order valence-corrected chi connectivity index (χ4v) is 2.22. The molecule has 102 valence electrons. The van der Waals surface area contributed by atoms with Gasteiger partial charge in [-0.1, -0.05) is 12.1 Å². The predicted molar refractivity (Wildman–Crippen MR) is 73.2 cm³/mol. The van der Waals surface area contributed by atoms with Gasteiger partial charge in [-0.2, -0.15) is 0 Å². The zero-order valence-corrected chi connectivity index (χ0v) is 11.9. The SMILES string of the molecule is COCCNCc1ccc(Sc2nnc(C)o2)cc1. The third kappa shape index (κ3) is 4.66. The fourth-order valence-electron chi connectivity index (χ4n) is 1.50. The first kappa shape index (κ1) is 14.0. The summed E-state index contributed by atoms with van der Waals surface area (Å²) in [5.74, 6) is 0.585. The van der Waals surface area contributed by atoms with Crippen LogP contribution in [0, 0.1) is 6.92 Å². The van der Waals surface area contributed by atoms with Gasteiger partial charge in [0.2, 0.25) is 5.89 Å². The lowest BCUT2D eigenvalue weighted by molar-refractivity contribution is 0.199. The molecular formula is C13H17N3O2S. The Morgan fingerprint density at radius 3 is 2.68 bits per heavy atom. The van der Waals surface area contributed by atoms with Gasteiger partial charge < -0.3 is 14.5 Å². The van der Waals surface area contributed by atoms with Crippen molar-refractivity contribution in [1.82, 2.24) is 15.5 Å². The molecule has 0 aliphatic carbocycles. The van der Waals surface area contributed by atoms with Crippen LogP contribution >= 0.6 is 11.8 Å². The van der Waals surface area contributed by atoms with E-state index in [1.807, 2.05) is 0 Å². The van der Waals surface area contributed by atoms with Gasteiger partial charge in [0.05, 0.1) is 6.61 Å². The lowest BCUT2D eigenvalue weighted by Gasteiger charge is -2.04. The molecule has 2 rings (SSSR count). The van der Waals surface area contributed by atoms with Gasteiger partial charge in [-0.25, -0.2) is 0 Å². The number of aryl methyl sites for hydroxylation is 1. The van der Waals surface area contributed by atoms with Crippen LogP contribution in [0.15, 0.2) is 38.8 Å². The number of benzene rings is 1. The minimum Gasteiger partial charge on any atom is -0.416 e. The first-order valence-corrected chi connectivity index (χ1v) is 6.86. The fraction of sp³-hybridized carbons (Fsp3) is 0.385. The molecule has 6 heteroatoms. The van der Waals surface area contributed by atoms with Crippen molar-refractivity contribution in [1.29, 1.82) is 0 Å². The summed E-state index contributed by atoms with van der Waals surface area (Å²) in [4.78, 5) is 1.09. The molecule has 0 amide bonds. The molecule has 1 aromatic carbocycles. The predicted octanol–water partition coefficient (Wildman–Crippen LogP) is 2.27. The molecule has 1 N–H and O–H groups in total. The van der Waals surface area contributed by atoms with Crippen LogP contribution in [0.25, 0.3) is 0 Å². The normalized spacial score (nSPS) is 10.8. The molecule has 0 saturated heterocycles. The van der Waals surface area contributed by atoms with E-state index in [0.29, 0.717) is 11.1 Å². The van der Waals surface area contributed by atoms with E-state index in [-0.39, 0.29) is 0 Å². The Labute approximate surface area is 116 Å². The second-order valence-electron chi connectivity index (χ2n) is 4.00. The molecule has 1 aromatic heterocycles. The quantitative estimate of drug-likeness (QED) is 0.785. The van der Waals surface area contributed by atoms with Gasteiger partial charge in [-0.05, 0) is 29.5 Å². The van der Waals surface area contributed by atoms with Crippen LogP contribution in [0.1, 0.15) is 11.5 Å². The summed E-state index contributed by atoms with van der Waals surface area (Å²) in [6, 6.07) is 8.28. The summed E-state index contributed by atoms with van der Waals surface area (Å²) >= 11 is 1.47. The van der Waals surface area contributed by atoms with Gasteiger partial charge in [-0.3, -0.25) is 0 Å². The summed E-state index contributed by atoms with van der Waals surface area (Å²) in [6.07, 6.45) is 0. The Kier molecular flexibility index (Phi) is 5.38. The molecule has 2 aromatic rings. The van der Waals surface area contributed by atoms with Crippen molar-refractivity contribution in [2.45, 2.75) is 23.6 Å². The topological polar surface area (TPSA) is 60.2 Å². The van der Waals surface area contributed by atoms with Gasteiger partial charge in [-0.15, -0.1) is 10.2 Å². The number of aromatic nitrogens is 2. The highest BCUT2D eigenvalue weighted by molar-refractivity contribution is 7.99. The second-order valence-corrected chi connectivity index (χ2v) is 5.03. The highest BCUT2D eigenvalue weighted by Crippen LogP contribution is 2.26. The van der Waals surface area contributed by atoms with E-state index in [1.165, 1.54) is 17.3 Å². The lowest BCUT2D eigenvalue weighted by Crippen LogP contribution is -2.18. The zero-order chi connectivity index (χ0) is 13.5. The molecule has 0 bridgehead atoms. The monoisotopic (exact) mass is 279 g/mol. The highest BCUT2D eigenvalue weighted by atomic mass is 32.2. The van der Waals surface area contributed by atoms with E-state index in [1.54, 1.807) is 14.0 Å². The molecule has 0 fully saturated rings. The van der Waals surface area contributed by atoms with Crippen LogP contribution in [0.2, 0.25) is 0 Å². The molecule has 0 unspecified atom stereocenters. The van der Waals surface area contributed by atoms with Crippen LogP contribution < -0.4 is 5.32 Å². The smallest absolute Gasteiger partial charge is 0.281 e. The second kappa shape index (κ2) is 7.28. The number of ether oxygens (including phenoxy) is 1. The Hall–Kier alpha value is -1.37. The van der Waals surface area contributed by atoms with E-state index < -0.39 is 0 Å². The molecule has 0 saturated carbocycles. The molecular weight excluding hydrogens is 262 g/mol. The largest absolute Gasteiger partial charge is 0.416 e. The summed E-state index contributed by atoms with van der Waals surface area (Å²) < 4.78 is 10.3. The van der Waals surface area contributed by atoms with Crippen molar-refractivity contribution in [2.24, 2.45) is 0 Å². The number of nitrogens with zero attached hydrogens (tertiary/aromatic N) is 2. The van der Waals surface area contributed by atoms with Crippen molar-refractivity contribution in [3.05, 3.63) is 35.7 Å². The van der Waals surface area contributed by atoms with E-state index in [4.69, 9.17) is 9.15 Å². The molecule has 0 atom stereocenters. The van der Waals surface area contributed by atoms with Crippen molar-refractivity contribution < 1.29 is 9.15 Å². The standard InChI is InChI=1S/C13H17N3O2S/c1-10-15-16-13(18-10)19-12-5-3-11(4-6-12)9-14-7-8-17-2/h3-6,14H,7-9H2,1-2H3. The number of hydrogen-bond acceptors (Lipinski definition) is 6. The van der Waals surface area contributed by atoms with Gasteiger partial charge in [0, 0.05) is 32.0 Å². The van der Waals surface area contributed by atoms with Crippen LogP contribution in [0.3, 0.4) is 0 Å². The maximum atomic E-state index is 5.32. The summed E-state index contributed by atoms with van der Waals surface area (Å²) in [6.45, 7) is 4.21. The molecule has 1 heterocycles. The number of hydrogen-bond donors (Lipinski definition) is 1. The summed E-state index contributed by atoms with van der Waals surface area (Å²) in [5.41, 5.74) is 1.24. The van der Waals surface area contributed by atoms with E-state index in [2.05, 4.69) is 39.8 Å². The summed E-state index contributed by atoms with van der Waals surface area (Å²) in [7, 11) is 1.70. The lowest BCUT2D eigenvalue weighted by atomic mass is 10.2.